The zero-order valence-electron chi connectivity index (χ0n) is 12.8. The molecule has 7 heteroatoms. The van der Waals surface area contributed by atoms with Crippen LogP contribution >= 0.6 is 0 Å². The summed E-state index contributed by atoms with van der Waals surface area (Å²) in [5.74, 6) is -0.0859. The molecule has 0 aliphatic carbocycles. The molecular formula is C16H18N2O5. The number of hydrogen-bond donors (Lipinski definition) is 1. The smallest absolute Gasteiger partial charge is 0.253 e. The maximum Gasteiger partial charge on any atom is 0.253 e. The minimum absolute atomic E-state index is 0.128. The highest BCUT2D eigenvalue weighted by Gasteiger charge is 2.22. The summed E-state index contributed by atoms with van der Waals surface area (Å²) in [5.41, 5.74) is 0.703. The van der Waals surface area contributed by atoms with Crippen molar-refractivity contribution in [2.45, 2.75) is 6.92 Å². The van der Waals surface area contributed by atoms with Gasteiger partial charge in [0.25, 0.3) is 11.8 Å². The third kappa shape index (κ3) is 5.23. The first-order chi connectivity index (χ1) is 11.1. The number of benzene rings is 1. The minimum atomic E-state index is -0.311. The summed E-state index contributed by atoms with van der Waals surface area (Å²) in [5, 5.41) is 2.67. The lowest BCUT2D eigenvalue weighted by atomic mass is 10.3. The summed E-state index contributed by atoms with van der Waals surface area (Å²) < 4.78 is 10.8. The zero-order valence-corrected chi connectivity index (χ0v) is 12.8. The number of nitrogens with zero attached hydrogens (tertiary/aromatic N) is 1. The second-order valence-electron chi connectivity index (χ2n) is 4.83. The highest BCUT2D eigenvalue weighted by atomic mass is 16.5. The summed E-state index contributed by atoms with van der Waals surface area (Å²) in [7, 11) is 0. The fourth-order valence-electron chi connectivity index (χ4n) is 1.97. The van der Waals surface area contributed by atoms with Gasteiger partial charge < -0.3 is 14.8 Å². The van der Waals surface area contributed by atoms with Gasteiger partial charge in [0, 0.05) is 24.8 Å². The number of ether oxygens (including phenoxy) is 2. The molecular weight excluding hydrogens is 300 g/mol. The molecule has 0 saturated heterocycles. The van der Waals surface area contributed by atoms with Crippen molar-refractivity contribution in [3.8, 4) is 5.75 Å². The predicted octanol–water partition coefficient (Wildman–Crippen LogP) is 0.965. The van der Waals surface area contributed by atoms with Crippen LogP contribution in [0.3, 0.4) is 0 Å². The van der Waals surface area contributed by atoms with Crippen molar-refractivity contribution in [2.75, 3.05) is 31.7 Å². The Morgan fingerprint density at radius 3 is 2.30 bits per heavy atom. The van der Waals surface area contributed by atoms with Crippen molar-refractivity contribution in [1.29, 1.82) is 0 Å². The highest BCUT2D eigenvalue weighted by molar-refractivity contribution is 6.12. The molecule has 1 aromatic carbocycles. The van der Waals surface area contributed by atoms with E-state index in [1.807, 2.05) is 0 Å². The molecule has 1 aliphatic rings. The topological polar surface area (TPSA) is 84.9 Å². The fraction of sp³-hybridized carbons (Fsp3) is 0.312. The molecule has 0 radical (unpaired) electrons. The number of anilines is 1. The van der Waals surface area contributed by atoms with Crippen molar-refractivity contribution in [1.82, 2.24) is 4.90 Å². The van der Waals surface area contributed by atoms with Crippen molar-refractivity contribution in [3.05, 3.63) is 36.4 Å². The minimum Gasteiger partial charge on any atom is -0.491 e. The van der Waals surface area contributed by atoms with Gasteiger partial charge >= 0.3 is 0 Å². The van der Waals surface area contributed by atoms with Crippen LogP contribution in [-0.2, 0) is 19.1 Å². The van der Waals surface area contributed by atoms with E-state index in [1.165, 1.54) is 19.1 Å². The number of carbonyl (C=O) groups excluding carboxylic acids is 3. The number of nitrogens with one attached hydrogen (secondary N) is 1. The van der Waals surface area contributed by atoms with Crippen LogP contribution in [0.25, 0.3) is 0 Å². The fourth-order valence-corrected chi connectivity index (χ4v) is 1.97. The van der Waals surface area contributed by atoms with Crippen LogP contribution in [0.2, 0.25) is 0 Å². The number of imide groups is 1. The molecule has 1 aromatic rings. The van der Waals surface area contributed by atoms with Crippen LogP contribution in [0.5, 0.6) is 5.75 Å². The maximum atomic E-state index is 11.3. The van der Waals surface area contributed by atoms with E-state index in [2.05, 4.69) is 5.32 Å². The quantitative estimate of drug-likeness (QED) is 0.570. The molecule has 1 heterocycles. The standard InChI is InChI=1S/C16H18N2O5/c1-12(19)17-13-2-4-14(5-3-13)23-11-10-22-9-8-18-15(20)6-7-16(18)21/h2-7H,8-11H2,1H3,(H,17,19). The number of amides is 3. The summed E-state index contributed by atoms with van der Waals surface area (Å²) in [6, 6.07) is 6.99. The van der Waals surface area contributed by atoms with Crippen molar-refractivity contribution >= 4 is 23.4 Å². The van der Waals surface area contributed by atoms with Gasteiger partial charge in [-0.05, 0) is 24.3 Å². The Kier molecular flexibility index (Phi) is 5.87. The van der Waals surface area contributed by atoms with Gasteiger partial charge in [-0.15, -0.1) is 0 Å². The van der Waals surface area contributed by atoms with Gasteiger partial charge in [-0.25, -0.2) is 0 Å². The van der Waals surface area contributed by atoms with E-state index in [1.54, 1.807) is 24.3 Å². The van der Waals surface area contributed by atoms with Gasteiger partial charge in [-0.2, -0.15) is 0 Å². The van der Waals surface area contributed by atoms with Gasteiger partial charge in [0.05, 0.1) is 19.8 Å². The first kappa shape index (κ1) is 16.7. The summed E-state index contributed by atoms with van der Waals surface area (Å²) in [6.45, 7) is 2.64. The molecule has 2 rings (SSSR count). The second kappa shape index (κ2) is 8.09. The molecule has 0 unspecified atom stereocenters. The third-order valence-corrected chi connectivity index (χ3v) is 3.03. The molecule has 0 aromatic heterocycles. The number of hydrogen-bond acceptors (Lipinski definition) is 5. The Hall–Kier alpha value is -2.67. The van der Waals surface area contributed by atoms with E-state index in [-0.39, 0.29) is 30.9 Å². The van der Waals surface area contributed by atoms with Crippen LogP contribution < -0.4 is 10.1 Å². The molecule has 7 nitrogen and oxygen atoms in total. The van der Waals surface area contributed by atoms with Crippen LogP contribution in [0.4, 0.5) is 5.69 Å². The average Bonchev–Trinajstić information content (AvgIpc) is 2.83. The largest absolute Gasteiger partial charge is 0.491 e. The van der Waals surface area contributed by atoms with Crippen molar-refractivity contribution in [3.63, 3.8) is 0 Å². The molecule has 0 fully saturated rings. The van der Waals surface area contributed by atoms with Gasteiger partial charge in [0.15, 0.2) is 0 Å². The lowest BCUT2D eigenvalue weighted by molar-refractivity contribution is -0.137. The normalized spacial score (nSPS) is 13.5. The molecule has 1 N–H and O–H groups in total. The van der Waals surface area contributed by atoms with E-state index >= 15 is 0 Å². The molecule has 0 atom stereocenters. The zero-order chi connectivity index (χ0) is 16.7. The summed E-state index contributed by atoms with van der Waals surface area (Å²) >= 11 is 0. The average molecular weight is 318 g/mol. The van der Waals surface area contributed by atoms with E-state index in [0.29, 0.717) is 24.7 Å². The van der Waals surface area contributed by atoms with Crippen LogP contribution in [-0.4, -0.2) is 49.0 Å². The van der Waals surface area contributed by atoms with E-state index in [4.69, 9.17) is 9.47 Å². The SMILES string of the molecule is CC(=O)Nc1ccc(OCCOCCN2C(=O)C=CC2=O)cc1. The Labute approximate surface area is 133 Å². The lowest BCUT2D eigenvalue weighted by Crippen LogP contribution is -2.33. The van der Waals surface area contributed by atoms with Gasteiger partial charge in [0.2, 0.25) is 5.91 Å². The lowest BCUT2D eigenvalue weighted by Gasteiger charge is -2.13. The Morgan fingerprint density at radius 2 is 1.70 bits per heavy atom. The van der Waals surface area contributed by atoms with Gasteiger partial charge in [-0.3, -0.25) is 19.3 Å². The molecule has 23 heavy (non-hydrogen) atoms. The molecule has 122 valence electrons. The van der Waals surface area contributed by atoms with Crippen molar-refractivity contribution < 1.29 is 23.9 Å². The summed E-state index contributed by atoms with van der Waals surface area (Å²) in [6.07, 6.45) is 2.49. The molecule has 1 aliphatic heterocycles. The van der Waals surface area contributed by atoms with Gasteiger partial charge in [0.1, 0.15) is 12.4 Å². The molecule has 3 amide bonds. The van der Waals surface area contributed by atoms with Crippen LogP contribution in [0, 0.1) is 0 Å². The van der Waals surface area contributed by atoms with Crippen molar-refractivity contribution in [2.24, 2.45) is 0 Å². The van der Waals surface area contributed by atoms with E-state index < -0.39 is 0 Å². The molecule has 0 spiro atoms. The first-order valence-corrected chi connectivity index (χ1v) is 7.18. The predicted molar refractivity (Wildman–Crippen MR) is 82.9 cm³/mol. The first-order valence-electron chi connectivity index (χ1n) is 7.18. The molecule has 0 saturated carbocycles. The number of carbonyl (C=O) groups is 3. The highest BCUT2D eigenvalue weighted by Crippen LogP contribution is 2.15. The van der Waals surface area contributed by atoms with Gasteiger partial charge in [-0.1, -0.05) is 0 Å². The monoisotopic (exact) mass is 318 g/mol. The number of rotatable bonds is 8. The van der Waals surface area contributed by atoms with E-state index in [0.717, 1.165) is 4.90 Å². The van der Waals surface area contributed by atoms with E-state index in [9.17, 15) is 14.4 Å². The Bertz CT molecular complexity index is 591. The Balaban J connectivity index is 1.59. The maximum absolute atomic E-state index is 11.3. The summed E-state index contributed by atoms with van der Waals surface area (Å²) in [4.78, 5) is 34.6. The third-order valence-electron chi connectivity index (χ3n) is 3.03. The second-order valence-corrected chi connectivity index (χ2v) is 4.83. The molecule has 0 bridgehead atoms. The van der Waals surface area contributed by atoms with Crippen LogP contribution in [0.1, 0.15) is 6.92 Å². The Morgan fingerprint density at radius 1 is 1.04 bits per heavy atom. The van der Waals surface area contributed by atoms with Crippen LogP contribution in [0.15, 0.2) is 36.4 Å².